The Kier molecular flexibility index (Phi) is 7.53. The first-order valence-corrected chi connectivity index (χ1v) is 9.23. The summed E-state index contributed by atoms with van der Waals surface area (Å²) in [6.45, 7) is 15.8. The lowest BCUT2D eigenvalue weighted by Crippen LogP contribution is -2.45. The molecule has 1 aromatic carbocycles. The van der Waals surface area contributed by atoms with E-state index in [2.05, 4.69) is 64.7 Å². The Labute approximate surface area is 147 Å². The van der Waals surface area contributed by atoms with Gasteiger partial charge < -0.3 is 15.5 Å². The first-order chi connectivity index (χ1) is 11.7. The normalized spacial score (nSPS) is 17.2. The largest absolute Gasteiger partial charge is 0.370 e. The van der Waals surface area contributed by atoms with Gasteiger partial charge in [-0.3, -0.25) is 4.90 Å². The molecular weight excluding hydrogens is 298 g/mol. The number of benzene rings is 1. The summed E-state index contributed by atoms with van der Waals surface area (Å²) >= 11 is 0. The third-order valence-corrected chi connectivity index (χ3v) is 4.85. The minimum absolute atomic E-state index is 0.637. The van der Waals surface area contributed by atoms with Gasteiger partial charge in [-0.25, -0.2) is 4.99 Å². The van der Waals surface area contributed by atoms with Crippen LogP contribution in [0, 0.1) is 0 Å². The topological polar surface area (TPSA) is 48.1 Å². The molecule has 0 atom stereocenters. The monoisotopic (exact) mass is 331 g/mol. The minimum Gasteiger partial charge on any atom is -0.370 e. The Morgan fingerprint density at radius 3 is 2.04 bits per heavy atom. The molecule has 0 bridgehead atoms. The van der Waals surface area contributed by atoms with E-state index in [1.165, 1.54) is 43.9 Å². The summed E-state index contributed by atoms with van der Waals surface area (Å²) in [5, 5.41) is 0. The molecule has 0 radical (unpaired) electrons. The maximum Gasteiger partial charge on any atom is 0.191 e. The molecule has 2 N–H and O–H groups in total. The minimum atomic E-state index is 0.637. The van der Waals surface area contributed by atoms with E-state index in [1.807, 2.05) is 0 Å². The van der Waals surface area contributed by atoms with E-state index < -0.39 is 0 Å². The fourth-order valence-corrected chi connectivity index (χ4v) is 3.09. The van der Waals surface area contributed by atoms with Crippen LogP contribution in [0.15, 0.2) is 29.3 Å². The van der Waals surface area contributed by atoms with Crippen molar-refractivity contribution in [3.8, 4) is 0 Å². The zero-order valence-corrected chi connectivity index (χ0v) is 15.5. The van der Waals surface area contributed by atoms with E-state index in [4.69, 9.17) is 5.73 Å². The molecule has 1 fully saturated rings. The lowest BCUT2D eigenvalue weighted by molar-refractivity contribution is 0.132. The van der Waals surface area contributed by atoms with Crippen molar-refractivity contribution in [2.45, 2.75) is 33.9 Å². The van der Waals surface area contributed by atoms with Gasteiger partial charge in [0.15, 0.2) is 5.96 Å². The smallest absolute Gasteiger partial charge is 0.191 e. The van der Waals surface area contributed by atoms with Crippen molar-refractivity contribution >= 4 is 5.96 Å². The SMILES string of the molecule is CCN1CCN(Cc2ccc(CN=C(N)N(CC)CC)cc2)CC1. The van der Waals surface area contributed by atoms with Gasteiger partial charge in [0.1, 0.15) is 0 Å². The number of likely N-dealkylation sites (N-methyl/N-ethyl adjacent to an activating group) is 1. The number of rotatable bonds is 7. The van der Waals surface area contributed by atoms with Gasteiger partial charge in [0.05, 0.1) is 6.54 Å². The highest BCUT2D eigenvalue weighted by Crippen LogP contribution is 2.11. The average molecular weight is 332 g/mol. The first-order valence-electron chi connectivity index (χ1n) is 9.23. The Hall–Kier alpha value is -1.59. The highest BCUT2D eigenvalue weighted by molar-refractivity contribution is 5.77. The molecule has 0 amide bonds. The molecule has 0 aromatic heterocycles. The van der Waals surface area contributed by atoms with Crippen LogP contribution in [-0.4, -0.2) is 66.5 Å². The highest BCUT2D eigenvalue weighted by Gasteiger charge is 2.15. The van der Waals surface area contributed by atoms with Gasteiger partial charge in [0.25, 0.3) is 0 Å². The van der Waals surface area contributed by atoms with Crippen molar-refractivity contribution in [3.05, 3.63) is 35.4 Å². The summed E-state index contributed by atoms with van der Waals surface area (Å²) in [6.07, 6.45) is 0. The maximum atomic E-state index is 6.03. The second-order valence-corrected chi connectivity index (χ2v) is 6.37. The maximum absolute atomic E-state index is 6.03. The van der Waals surface area contributed by atoms with Crippen LogP contribution in [0.25, 0.3) is 0 Å². The Morgan fingerprint density at radius 2 is 1.50 bits per heavy atom. The summed E-state index contributed by atoms with van der Waals surface area (Å²) < 4.78 is 0. The molecule has 0 aliphatic carbocycles. The summed E-state index contributed by atoms with van der Waals surface area (Å²) in [4.78, 5) is 11.6. The van der Waals surface area contributed by atoms with Crippen molar-refractivity contribution < 1.29 is 0 Å². The van der Waals surface area contributed by atoms with E-state index in [9.17, 15) is 0 Å². The fourth-order valence-electron chi connectivity index (χ4n) is 3.09. The number of hydrogen-bond donors (Lipinski definition) is 1. The van der Waals surface area contributed by atoms with Crippen LogP contribution in [0.3, 0.4) is 0 Å². The van der Waals surface area contributed by atoms with Crippen molar-refractivity contribution in [3.63, 3.8) is 0 Å². The molecule has 0 unspecified atom stereocenters. The Balaban J connectivity index is 1.83. The number of nitrogens with zero attached hydrogens (tertiary/aromatic N) is 4. The third-order valence-electron chi connectivity index (χ3n) is 4.85. The van der Waals surface area contributed by atoms with E-state index >= 15 is 0 Å². The molecule has 0 saturated carbocycles. The van der Waals surface area contributed by atoms with Gasteiger partial charge in [0, 0.05) is 45.8 Å². The van der Waals surface area contributed by atoms with Crippen molar-refractivity contribution in [1.82, 2.24) is 14.7 Å². The molecule has 24 heavy (non-hydrogen) atoms. The van der Waals surface area contributed by atoms with Gasteiger partial charge in [-0.15, -0.1) is 0 Å². The van der Waals surface area contributed by atoms with Crippen LogP contribution in [0.1, 0.15) is 31.9 Å². The fraction of sp³-hybridized carbons (Fsp3) is 0.632. The van der Waals surface area contributed by atoms with Gasteiger partial charge in [0.2, 0.25) is 0 Å². The zero-order chi connectivity index (χ0) is 17.4. The number of aliphatic imine (C=N–C) groups is 1. The van der Waals surface area contributed by atoms with Gasteiger partial charge in [-0.05, 0) is 31.5 Å². The third kappa shape index (κ3) is 5.49. The lowest BCUT2D eigenvalue weighted by Gasteiger charge is -2.34. The van der Waals surface area contributed by atoms with E-state index in [0.29, 0.717) is 12.5 Å². The van der Waals surface area contributed by atoms with E-state index in [0.717, 1.165) is 19.6 Å². The highest BCUT2D eigenvalue weighted by atomic mass is 15.3. The lowest BCUT2D eigenvalue weighted by atomic mass is 10.1. The molecule has 1 aliphatic heterocycles. The standard InChI is InChI=1S/C19H33N5/c1-4-22-11-13-23(14-12-22)16-18-9-7-17(8-10-18)15-21-19(20)24(5-2)6-3/h7-10H,4-6,11-16H2,1-3H3,(H2,20,21). The van der Waals surface area contributed by atoms with Gasteiger partial charge >= 0.3 is 0 Å². The van der Waals surface area contributed by atoms with Crippen LogP contribution in [-0.2, 0) is 13.1 Å². The number of nitrogens with two attached hydrogens (primary N) is 1. The second kappa shape index (κ2) is 9.64. The number of guanidine groups is 1. The van der Waals surface area contributed by atoms with E-state index in [1.54, 1.807) is 0 Å². The van der Waals surface area contributed by atoms with Crippen LogP contribution in [0.5, 0.6) is 0 Å². The predicted octanol–water partition coefficient (Wildman–Crippen LogP) is 1.98. The first kappa shape index (κ1) is 18.7. The predicted molar refractivity (Wildman–Crippen MR) is 102 cm³/mol. The summed E-state index contributed by atoms with van der Waals surface area (Å²) in [6, 6.07) is 8.81. The number of hydrogen-bond acceptors (Lipinski definition) is 3. The van der Waals surface area contributed by atoms with Gasteiger partial charge in [-0.2, -0.15) is 0 Å². The number of piperazine rings is 1. The molecule has 134 valence electrons. The summed E-state index contributed by atoms with van der Waals surface area (Å²) in [5.41, 5.74) is 8.62. The molecule has 1 aromatic rings. The molecule has 0 spiro atoms. The van der Waals surface area contributed by atoms with Crippen LogP contribution < -0.4 is 5.73 Å². The van der Waals surface area contributed by atoms with Crippen molar-refractivity contribution in [2.75, 3.05) is 45.8 Å². The molecular formula is C19H33N5. The summed E-state index contributed by atoms with van der Waals surface area (Å²) in [5.74, 6) is 0.637. The molecule has 1 heterocycles. The molecule has 5 heteroatoms. The van der Waals surface area contributed by atoms with Crippen LogP contribution in [0.2, 0.25) is 0 Å². The zero-order valence-electron chi connectivity index (χ0n) is 15.5. The molecule has 2 rings (SSSR count). The Morgan fingerprint density at radius 1 is 0.958 bits per heavy atom. The van der Waals surface area contributed by atoms with Crippen LogP contribution >= 0.6 is 0 Å². The molecule has 5 nitrogen and oxygen atoms in total. The van der Waals surface area contributed by atoms with Crippen molar-refractivity contribution in [2.24, 2.45) is 10.7 Å². The van der Waals surface area contributed by atoms with Crippen LogP contribution in [0.4, 0.5) is 0 Å². The average Bonchev–Trinajstić information content (AvgIpc) is 2.63. The molecule has 1 saturated heterocycles. The molecule has 1 aliphatic rings. The van der Waals surface area contributed by atoms with Crippen molar-refractivity contribution in [1.29, 1.82) is 0 Å². The Bertz CT molecular complexity index is 499. The quantitative estimate of drug-likeness (QED) is 0.613. The van der Waals surface area contributed by atoms with E-state index in [-0.39, 0.29) is 0 Å². The summed E-state index contributed by atoms with van der Waals surface area (Å²) in [7, 11) is 0. The second-order valence-electron chi connectivity index (χ2n) is 6.37. The van der Waals surface area contributed by atoms with Gasteiger partial charge in [-0.1, -0.05) is 31.2 Å².